The molecule has 1 aromatic heterocycles. The van der Waals surface area contributed by atoms with Gasteiger partial charge in [-0.3, -0.25) is 4.79 Å². The molecule has 32 heavy (non-hydrogen) atoms. The van der Waals surface area contributed by atoms with Gasteiger partial charge in [-0.1, -0.05) is 30.3 Å². The Morgan fingerprint density at radius 1 is 0.969 bits per heavy atom. The van der Waals surface area contributed by atoms with Gasteiger partial charge in [0.1, 0.15) is 23.1 Å². The molecule has 0 saturated carbocycles. The van der Waals surface area contributed by atoms with Gasteiger partial charge in [0.05, 0.1) is 31.0 Å². The molecule has 4 aromatic rings. The molecule has 162 valence electrons. The Bertz CT molecular complexity index is 1260. The van der Waals surface area contributed by atoms with E-state index in [-0.39, 0.29) is 18.3 Å². The minimum absolute atomic E-state index is 0.256. The largest absolute Gasteiger partial charge is 0.497 e. The first-order chi connectivity index (χ1) is 15.6. The Balaban J connectivity index is 1.66. The van der Waals surface area contributed by atoms with Crippen LogP contribution in [-0.4, -0.2) is 25.1 Å². The van der Waals surface area contributed by atoms with E-state index in [0.717, 1.165) is 10.9 Å². The normalized spacial score (nSPS) is 10.6. The number of nitrogens with one attached hydrogen (secondary N) is 2. The van der Waals surface area contributed by atoms with Crippen LogP contribution in [-0.2, 0) is 6.54 Å². The predicted octanol–water partition coefficient (Wildman–Crippen LogP) is 5.06. The van der Waals surface area contributed by atoms with E-state index >= 15 is 0 Å². The number of hydrogen-bond acceptors (Lipinski definition) is 5. The van der Waals surface area contributed by atoms with E-state index < -0.39 is 0 Å². The van der Waals surface area contributed by atoms with Crippen LogP contribution in [0.15, 0.2) is 72.8 Å². The van der Waals surface area contributed by atoms with Crippen LogP contribution in [0.5, 0.6) is 11.5 Å². The number of benzene rings is 3. The van der Waals surface area contributed by atoms with Crippen LogP contribution in [0.3, 0.4) is 0 Å². The topological polar surface area (TPSA) is 72.5 Å². The highest BCUT2D eigenvalue weighted by atomic mass is 19.1. The van der Waals surface area contributed by atoms with Crippen molar-refractivity contribution in [2.45, 2.75) is 6.54 Å². The standard InChI is InChI=1S/C25H22FN3O3/c1-31-18-11-12-23(32-2)22(13-18)29-24-14-20(19-5-3-4-6-21(19)28-24)25(30)27-15-16-7-9-17(26)10-8-16/h3-14H,15H2,1-2H3,(H,27,30)(H,28,29). The monoisotopic (exact) mass is 431 g/mol. The first kappa shape index (κ1) is 21.1. The van der Waals surface area contributed by atoms with Crippen LogP contribution in [0.2, 0.25) is 0 Å². The number of ether oxygens (including phenoxy) is 2. The van der Waals surface area contributed by atoms with E-state index in [0.29, 0.717) is 34.1 Å². The van der Waals surface area contributed by atoms with Crippen molar-refractivity contribution in [3.8, 4) is 11.5 Å². The Labute approximate surface area is 185 Å². The molecule has 6 nitrogen and oxygen atoms in total. The second kappa shape index (κ2) is 9.34. The number of nitrogens with zero attached hydrogens (tertiary/aromatic N) is 1. The van der Waals surface area contributed by atoms with Gasteiger partial charge in [-0.15, -0.1) is 0 Å². The highest BCUT2D eigenvalue weighted by molar-refractivity contribution is 6.07. The van der Waals surface area contributed by atoms with E-state index in [2.05, 4.69) is 15.6 Å². The predicted molar refractivity (Wildman–Crippen MR) is 122 cm³/mol. The summed E-state index contributed by atoms with van der Waals surface area (Å²) in [5, 5.41) is 6.85. The van der Waals surface area contributed by atoms with Crippen molar-refractivity contribution in [1.29, 1.82) is 0 Å². The average Bonchev–Trinajstić information content (AvgIpc) is 2.83. The first-order valence-corrected chi connectivity index (χ1v) is 9.99. The number of para-hydroxylation sites is 1. The van der Waals surface area contributed by atoms with E-state index in [1.165, 1.54) is 12.1 Å². The highest BCUT2D eigenvalue weighted by Gasteiger charge is 2.14. The Morgan fingerprint density at radius 3 is 2.50 bits per heavy atom. The minimum Gasteiger partial charge on any atom is -0.497 e. The van der Waals surface area contributed by atoms with Gasteiger partial charge in [-0.25, -0.2) is 9.37 Å². The van der Waals surface area contributed by atoms with Crippen molar-refractivity contribution < 1.29 is 18.7 Å². The van der Waals surface area contributed by atoms with Crippen LogP contribution in [0.4, 0.5) is 15.9 Å². The fourth-order valence-electron chi connectivity index (χ4n) is 3.36. The summed E-state index contributed by atoms with van der Waals surface area (Å²) in [5.74, 6) is 1.19. The lowest BCUT2D eigenvalue weighted by Crippen LogP contribution is -2.23. The molecule has 4 rings (SSSR count). The number of carbonyl (C=O) groups is 1. The zero-order chi connectivity index (χ0) is 22.5. The number of methoxy groups -OCH3 is 2. The summed E-state index contributed by atoms with van der Waals surface area (Å²) in [6.45, 7) is 0.280. The van der Waals surface area contributed by atoms with Gasteiger partial charge in [0, 0.05) is 18.0 Å². The van der Waals surface area contributed by atoms with Gasteiger partial charge in [0.2, 0.25) is 0 Å². The van der Waals surface area contributed by atoms with Gasteiger partial charge in [0.25, 0.3) is 5.91 Å². The number of amides is 1. The van der Waals surface area contributed by atoms with E-state index in [1.807, 2.05) is 24.3 Å². The number of hydrogen-bond donors (Lipinski definition) is 2. The van der Waals surface area contributed by atoms with E-state index in [4.69, 9.17) is 9.47 Å². The van der Waals surface area contributed by atoms with Crippen molar-refractivity contribution in [2.24, 2.45) is 0 Å². The maximum Gasteiger partial charge on any atom is 0.252 e. The second-order valence-corrected chi connectivity index (χ2v) is 7.07. The molecule has 3 aromatic carbocycles. The lowest BCUT2D eigenvalue weighted by molar-refractivity contribution is 0.0952. The molecule has 1 heterocycles. The highest BCUT2D eigenvalue weighted by Crippen LogP contribution is 2.32. The maximum absolute atomic E-state index is 13.1. The Morgan fingerprint density at radius 2 is 1.75 bits per heavy atom. The molecule has 0 fully saturated rings. The number of halogens is 1. The van der Waals surface area contributed by atoms with E-state index in [1.54, 1.807) is 50.6 Å². The maximum atomic E-state index is 13.1. The summed E-state index contributed by atoms with van der Waals surface area (Å²) in [4.78, 5) is 17.7. The molecule has 0 bridgehead atoms. The van der Waals surface area contributed by atoms with Crippen LogP contribution in [0, 0.1) is 5.82 Å². The van der Waals surface area contributed by atoms with Crippen molar-refractivity contribution in [3.05, 3.63) is 89.7 Å². The minimum atomic E-state index is -0.316. The third-order valence-corrected chi connectivity index (χ3v) is 5.00. The van der Waals surface area contributed by atoms with E-state index in [9.17, 15) is 9.18 Å². The van der Waals surface area contributed by atoms with Crippen LogP contribution in [0.1, 0.15) is 15.9 Å². The third-order valence-electron chi connectivity index (χ3n) is 5.00. The van der Waals surface area contributed by atoms with Gasteiger partial charge in [0.15, 0.2) is 0 Å². The van der Waals surface area contributed by atoms with Gasteiger partial charge in [-0.2, -0.15) is 0 Å². The molecule has 0 radical (unpaired) electrons. The fraction of sp³-hybridized carbons (Fsp3) is 0.120. The second-order valence-electron chi connectivity index (χ2n) is 7.07. The van der Waals surface area contributed by atoms with Crippen molar-refractivity contribution in [3.63, 3.8) is 0 Å². The van der Waals surface area contributed by atoms with Crippen LogP contribution >= 0.6 is 0 Å². The molecule has 0 aliphatic rings. The molecule has 2 N–H and O–H groups in total. The molecule has 0 saturated heterocycles. The van der Waals surface area contributed by atoms with Crippen molar-refractivity contribution in [1.82, 2.24) is 10.3 Å². The lowest BCUT2D eigenvalue weighted by Gasteiger charge is -2.14. The summed E-state index contributed by atoms with van der Waals surface area (Å²) in [5.41, 5.74) is 2.61. The molecule has 0 spiro atoms. The molecule has 0 aliphatic heterocycles. The number of fused-ring (bicyclic) bond motifs is 1. The molecule has 0 unspecified atom stereocenters. The fourth-order valence-corrected chi connectivity index (χ4v) is 3.36. The Kier molecular flexibility index (Phi) is 6.17. The third kappa shape index (κ3) is 4.62. The SMILES string of the molecule is COc1ccc(OC)c(Nc2cc(C(=O)NCc3ccc(F)cc3)c3ccccc3n2)c1. The molecular weight excluding hydrogens is 409 g/mol. The van der Waals surface area contributed by atoms with Crippen LogP contribution < -0.4 is 20.1 Å². The first-order valence-electron chi connectivity index (χ1n) is 9.99. The number of pyridine rings is 1. The zero-order valence-electron chi connectivity index (χ0n) is 17.7. The molecule has 0 atom stereocenters. The number of aromatic nitrogens is 1. The van der Waals surface area contributed by atoms with Crippen LogP contribution in [0.25, 0.3) is 10.9 Å². The lowest BCUT2D eigenvalue weighted by atomic mass is 10.1. The molecule has 0 aliphatic carbocycles. The molecular formula is C25H22FN3O3. The number of anilines is 2. The van der Waals surface area contributed by atoms with Crippen molar-refractivity contribution >= 4 is 28.3 Å². The van der Waals surface area contributed by atoms with Gasteiger partial charge >= 0.3 is 0 Å². The Hall–Kier alpha value is -4.13. The zero-order valence-corrected chi connectivity index (χ0v) is 17.7. The number of carbonyl (C=O) groups excluding carboxylic acids is 1. The average molecular weight is 431 g/mol. The summed E-state index contributed by atoms with van der Waals surface area (Å²) >= 11 is 0. The number of rotatable bonds is 7. The van der Waals surface area contributed by atoms with Gasteiger partial charge < -0.3 is 20.1 Å². The smallest absolute Gasteiger partial charge is 0.252 e. The van der Waals surface area contributed by atoms with Crippen molar-refractivity contribution in [2.75, 3.05) is 19.5 Å². The molecule has 1 amide bonds. The molecule has 7 heteroatoms. The summed E-state index contributed by atoms with van der Waals surface area (Å²) in [6.07, 6.45) is 0. The summed E-state index contributed by atoms with van der Waals surface area (Å²) in [7, 11) is 3.17. The summed E-state index contributed by atoms with van der Waals surface area (Å²) in [6, 6.07) is 20.5. The quantitative estimate of drug-likeness (QED) is 0.428. The van der Waals surface area contributed by atoms with Gasteiger partial charge in [-0.05, 0) is 42.0 Å². The summed E-state index contributed by atoms with van der Waals surface area (Å²) < 4.78 is 23.9.